The van der Waals surface area contributed by atoms with Crippen molar-refractivity contribution in [3.63, 3.8) is 0 Å². The third-order valence-corrected chi connectivity index (χ3v) is 22.4. The van der Waals surface area contributed by atoms with Crippen LogP contribution in [0.4, 0.5) is 5.69 Å². The van der Waals surface area contributed by atoms with Crippen LogP contribution in [0.3, 0.4) is 0 Å². The number of ketones is 1. The summed E-state index contributed by atoms with van der Waals surface area (Å²) in [5.74, 6) is 8.71. The number of likely N-dealkylation sites (N-methyl/N-ethyl adjacent to an activating group) is 1. The van der Waals surface area contributed by atoms with E-state index in [0.717, 1.165) is 89.3 Å². The molecule has 408 valence electrons. The van der Waals surface area contributed by atoms with E-state index in [1.807, 2.05) is 13.0 Å². The van der Waals surface area contributed by atoms with Gasteiger partial charge >= 0.3 is 13.6 Å². The molecule has 1 aromatic carbocycles. The first-order valence-electron chi connectivity index (χ1n) is 28.3. The number of hydrogen-bond acceptors (Lipinski definition) is 11. The Morgan fingerprint density at radius 3 is 2.42 bits per heavy atom. The van der Waals surface area contributed by atoms with Crippen LogP contribution in [0, 0.1) is 75.4 Å². The first-order valence-corrected chi connectivity index (χ1v) is 30.2. The molecule has 6 fully saturated rings. The average molecular weight is 1040 g/mol. The molecule has 12 heteroatoms. The van der Waals surface area contributed by atoms with E-state index in [1.54, 1.807) is 12.7 Å². The van der Waals surface area contributed by atoms with Crippen molar-refractivity contribution in [1.82, 2.24) is 0 Å². The topological polar surface area (TPSA) is 152 Å². The van der Waals surface area contributed by atoms with Crippen LogP contribution in [-0.2, 0) is 32.7 Å². The number of anilines is 1. The van der Waals surface area contributed by atoms with Gasteiger partial charge < -0.3 is 38.7 Å². The molecule has 0 saturated heterocycles. The molecular formula is C62H90NO10P. The van der Waals surface area contributed by atoms with Crippen molar-refractivity contribution in [3.05, 3.63) is 77.9 Å². The maximum Gasteiger partial charge on any atom is 0.328 e. The molecule has 0 heterocycles. The van der Waals surface area contributed by atoms with Gasteiger partial charge in [0.05, 0.1) is 45.2 Å². The highest BCUT2D eigenvalue weighted by Crippen LogP contribution is 2.71. The Morgan fingerprint density at radius 1 is 0.986 bits per heavy atom. The quantitative estimate of drug-likeness (QED) is 0.0628. The van der Waals surface area contributed by atoms with Gasteiger partial charge in [0, 0.05) is 50.1 Å². The lowest BCUT2D eigenvalue weighted by atomic mass is 9.43. The van der Waals surface area contributed by atoms with E-state index >= 15 is 0 Å². The molecule has 8 aliphatic rings. The van der Waals surface area contributed by atoms with E-state index in [0.29, 0.717) is 44.1 Å². The minimum absolute atomic E-state index is 0.0171. The zero-order valence-corrected chi connectivity index (χ0v) is 47.0. The van der Waals surface area contributed by atoms with Gasteiger partial charge in [-0.05, 0) is 190 Å². The summed E-state index contributed by atoms with van der Waals surface area (Å²) in [6.45, 7) is 21.3. The first-order chi connectivity index (χ1) is 35.2. The number of carbonyl (C=O) groups excluding carboxylic acids is 2. The SMILES string of the molecule is C=CCO.C=CCOP(C)(=O)O[C@@H]1C[C@@H]2C[C@@H](OCCN(C)c3ccc([C@H]4C[C@@]5(C)C(CC[C@@]5(O)C#CC)C5CCC6=CC(=O)CCC6=C54)cc3)CC[C@]2(C)[C@H]2C[C@H](O)[C@]3(C)[C@@H]([C@H](C)CCC(=O)OC)CC[C@H]3[C@H]12. The zero-order chi connectivity index (χ0) is 53.4. The molecule has 0 bridgehead atoms. The normalized spacial score (nSPS) is 39.0. The molecule has 9 rings (SSSR count). The smallest absolute Gasteiger partial charge is 0.328 e. The van der Waals surface area contributed by atoms with Gasteiger partial charge in [-0.1, -0.05) is 63.5 Å². The van der Waals surface area contributed by atoms with E-state index < -0.39 is 19.3 Å². The van der Waals surface area contributed by atoms with E-state index in [1.165, 1.54) is 35.5 Å². The molecule has 3 unspecified atom stereocenters. The third kappa shape index (κ3) is 10.7. The summed E-state index contributed by atoms with van der Waals surface area (Å²) in [6.07, 6.45) is 17.7. The van der Waals surface area contributed by atoms with Gasteiger partial charge in [-0.15, -0.1) is 19.1 Å². The zero-order valence-electron chi connectivity index (χ0n) is 46.1. The van der Waals surface area contributed by atoms with Crippen molar-refractivity contribution in [2.45, 2.75) is 167 Å². The Labute approximate surface area is 443 Å². The molecule has 17 atom stereocenters. The van der Waals surface area contributed by atoms with E-state index in [2.05, 4.69) is 88.9 Å². The minimum Gasteiger partial charge on any atom is -0.469 e. The highest BCUT2D eigenvalue weighted by Gasteiger charge is 2.67. The van der Waals surface area contributed by atoms with Crippen LogP contribution in [0.25, 0.3) is 0 Å². The maximum absolute atomic E-state index is 14.0. The van der Waals surface area contributed by atoms with Crippen molar-refractivity contribution in [1.29, 1.82) is 0 Å². The highest BCUT2D eigenvalue weighted by atomic mass is 31.2. The molecule has 74 heavy (non-hydrogen) atoms. The molecule has 0 amide bonds. The monoisotopic (exact) mass is 1040 g/mol. The number of carbonyl (C=O) groups is 2. The molecule has 1 aromatic rings. The van der Waals surface area contributed by atoms with Crippen molar-refractivity contribution < 1.29 is 48.0 Å². The fraction of sp³-hybridized carbons (Fsp3) is 0.710. The molecular weight excluding hydrogens is 950 g/mol. The predicted octanol–water partition coefficient (Wildman–Crippen LogP) is 11.6. The fourth-order valence-electron chi connectivity index (χ4n) is 17.3. The van der Waals surface area contributed by atoms with Crippen LogP contribution in [-0.4, -0.2) is 98.2 Å². The van der Waals surface area contributed by atoms with Crippen LogP contribution in [0.15, 0.2) is 72.4 Å². The third-order valence-electron chi connectivity index (χ3n) is 21.1. The number of aliphatic hydroxyl groups is 3. The van der Waals surface area contributed by atoms with E-state index in [4.69, 9.17) is 23.6 Å². The summed E-state index contributed by atoms with van der Waals surface area (Å²) < 4.78 is 38.3. The lowest BCUT2D eigenvalue weighted by Gasteiger charge is -2.64. The van der Waals surface area contributed by atoms with Gasteiger partial charge in [0.2, 0.25) is 0 Å². The van der Waals surface area contributed by atoms with Crippen LogP contribution in [0.1, 0.15) is 149 Å². The molecule has 0 radical (unpaired) electrons. The van der Waals surface area contributed by atoms with Crippen LogP contribution < -0.4 is 4.90 Å². The molecule has 0 spiro atoms. The van der Waals surface area contributed by atoms with Gasteiger partial charge in [-0.3, -0.25) is 14.2 Å². The van der Waals surface area contributed by atoms with E-state index in [-0.39, 0.29) is 94.8 Å². The number of allylic oxidation sites excluding steroid dienone is 4. The number of fused-ring (bicyclic) bond motifs is 9. The Kier molecular flexibility index (Phi) is 17.6. The standard InChI is InChI=1S/C59H84NO9P.C3H6O/c1-10-26-59(64)28-25-48-45-19-15-39-32-42(61)18-20-44(39)54(45)46(36-57(48,59)5)38-13-16-41(17-14-38)60(7)29-31-67-43-24-27-56(4)40(33-43)34-51(69-70(9,65)68-30-11-2)55-49-22-21-47(37(3)12-23-53(63)66-8)58(49,6)52(62)35-50(55)56;1-2-3-4/h11,13-14,16-17,32,37,40,43,45-52,55,62,64H,2,12,15,18-25,27-31,33-36H2,1,3-9H3;2,4H,1,3H2/t37-,40+,43+,45?,46-,47-,48?,49+,50+,51-,52+,55+,56+,57+,58-,59+,70?;/m1./s1. The van der Waals surface area contributed by atoms with Gasteiger partial charge in [0.15, 0.2) is 5.78 Å². The fourth-order valence-corrected chi connectivity index (χ4v) is 18.4. The number of esters is 1. The van der Waals surface area contributed by atoms with Gasteiger partial charge in [0.25, 0.3) is 0 Å². The number of rotatable bonds is 16. The summed E-state index contributed by atoms with van der Waals surface area (Å²) in [6, 6.07) is 9.09. The van der Waals surface area contributed by atoms with Crippen molar-refractivity contribution in [2.24, 2.45) is 63.6 Å². The summed E-state index contributed by atoms with van der Waals surface area (Å²) in [7, 11) is 0.169. The van der Waals surface area contributed by atoms with Gasteiger partial charge in [0.1, 0.15) is 5.60 Å². The lowest BCUT2D eigenvalue weighted by molar-refractivity contribution is -0.205. The number of ether oxygens (including phenoxy) is 2. The average Bonchev–Trinajstić information content (AvgIpc) is 3.88. The summed E-state index contributed by atoms with van der Waals surface area (Å²) in [5.41, 5.74) is 4.93. The largest absolute Gasteiger partial charge is 0.469 e. The number of methoxy groups -OCH3 is 1. The number of benzene rings is 1. The van der Waals surface area contributed by atoms with Gasteiger partial charge in [-0.25, -0.2) is 0 Å². The highest BCUT2D eigenvalue weighted by molar-refractivity contribution is 7.53. The molecule has 0 aromatic heterocycles. The first kappa shape index (κ1) is 56.9. The van der Waals surface area contributed by atoms with Crippen LogP contribution >= 0.6 is 7.60 Å². The lowest BCUT2D eigenvalue weighted by Crippen LogP contribution is -2.62. The Morgan fingerprint density at radius 2 is 1.73 bits per heavy atom. The Hall–Kier alpha value is -3.33. The second kappa shape index (κ2) is 22.9. The van der Waals surface area contributed by atoms with Gasteiger partial charge in [-0.2, -0.15) is 0 Å². The van der Waals surface area contributed by atoms with Crippen molar-refractivity contribution in [2.75, 3.05) is 52.1 Å². The van der Waals surface area contributed by atoms with Crippen LogP contribution in [0.2, 0.25) is 0 Å². The predicted molar refractivity (Wildman–Crippen MR) is 292 cm³/mol. The molecule has 6 saturated carbocycles. The number of hydrogen-bond donors (Lipinski definition) is 3. The number of aliphatic hydroxyl groups excluding tert-OH is 2. The second-order valence-corrected chi connectivity index (χ2v) is 26.7. The van der Waals surface area contributed by atoms with Crippen molar-refractivity contribution in [3.8, 4) is 11.8 Å². The molecule has 0 aliphatic heterocycles. The Bertz CT molecular complexity index is 2400. The number of nitrogens with zero attached hydrogens (tertiary/aromatic N) is 1. The van der Waals surface area contributed by atoms with Crippen LogP contribution in [0.5, 0.6) is 0 Å². The second-order valence-electron chi connectivity index (χ2n) is 24.6. The van der Waals surface area contributed by atoms with E-state index in [9.17, 15) is 24.4 Å². The summed E-state index contributed by atoms with van der Waals surface area (Å²) >= 11 is 0. The Balaban J connectivity index is 0.00000176. The molecule has 8 aliphatic carbocycles. The molecule has 11 nitrogen and oxygen atoms in total. The molecule has 3 N–H and O–H groups in total. The summed E-state index contributed by atoms with van der Waals surface area (Å²) in [4.78, 5) is 27.0. The van der Waals surface area contributed by atoms with Crippen molar-refractivity contribution >= 4 is 25.0 Å². The maximum atomic E-state index is 14.0. The minimum atomic E-state index is -3.41. The summed E-state index contributed by atoms with van der Waals surface area (Å²) in [5, 5.41) is 32.3.